The van der Waals surface area contributed by atoms with Crippen LogP contribution < -0.4 is 0 Å². The van der Waals surface area contributed by atoms with Gasteiger partial charge in [-0.1, -0.05) is 36.4 Å². The Kier molecular flexibility index (Phi) is 6.18. The summed E-state index contributed by atoms with van der Waals surface area (Å²) in [4.78, 5) is 24.1. The number of hydrogen-bond donors (Lipinski definition) is 2. The smallest absolute Gasteiger partial charge is 0.338 e. The first kappa shape index (κ1) is 19.0. The Balaban J connectivity index is 1.57. The number of ether oxygens (including phenoxy) is 3. The maximum atomic E-state index is 12.1. The molecule has 7 nitrogen and oxygen atoms in total. The van der Waals surface area contributed by atoms with E-state index < -0.39 is 36.4 Å². The van der Waals surface area contributed by atoms with E-state index in [4.69, 9.17) is 14.2 Å². The summed E-state index contributed by atoms with van der Waals surface area (Å²) < 4.78 is 15.7. The van der Waals surface area contributed by atoms with Crippen molar-refractivity contribution >= 4 is 11.9 Å². The monoisotopic (exact) mass is 372 g/mol. The quantitative estimate of drug-likeness (QED) is 0.739. The summed E-state index contributed by atoms with van der Waals surface area (Å²) in [6.45, 7) is -0.366. The first-order valence-electron chi connectivity index (χ1n) is 8.52. The molecule has 1 fully saturated rings. The van der Waals surface area contributed by atoms with Crippen molar-refractivity contribution in [1.29, 1.82) is 0 Å². The average molecular weight is 372 g/mol. The van der Waals surface area contributed by atoms with E-state index in [1.165, 1.54) is 0 Å². The molecule has 0 aromatic heterocycles. The molecule has 0 spiro atoms. The summed E-state index contributed by atoms with van der Waals surface area (Å²) in [7, 11) is 0. The SMILES string of the molecule is O=C(OCC1OC(O)C(O)C1COC(=O)c1ccccc1)c1ccccc1. The molecule has 0 amide bonds. The van der Waals surface area contributed by atoms with Gasteiger partial charge in [0.25, 0.3) is 0 Å². The first-order valence-corrected chi connectivity index (χ1v) is 8.52. The van der Waals surface area contributed by atoms with Crippen LogP contribution in [0.1, 0.15) is 20.7 Å². The van der Waals surface area contributed by atoms with Crippen LogP contribution in [0.4, 0.5) is 0 Å². The second kappa shape index (κ2) is 8.77. The van der Waals surface area contributed by atoms with E-state index in [0.29, 0.717) is 11.1 Å². The molecule has 4 atom stereocenters. The summed E-state index contributed by atoms with van der Waals surface area (Å²) in [6.07, 6.45) is -3.49. The van der Waals surface area contributed by atoms with Crippen LogP contribution in [0.5, 0.6) is 0 Å². The van der Waals surface area contributed by atoms with E-state index in [1.807, 2.05) is 0 Å². The van der Waals surface area contributed by atoms with E-state index >= 15 is 0 Å². The van der Waals surface area contributed by atoms with Crippen LogP contribution in [0.15, 0.2) is 60.7 Å². The molecule has 2 N–H and O–H groups in total. The van der Waals surface area contributed by atoms with Crippen molar-refractivity contribution in [3.8, 4) is 0 Å². The largest absolute Gasteiger partial charge is 0.462 e. The minimum Gasteiger partial charge on any atom is -0.462 e. The van der Waals surface area contributed by atoms with E-state index in [0.717, 1.165) is 0 Å². The average Bonchev–Trinajstić information content (AvgIpc) is 2.98. The number of hydrogen-bond acceptors (Lipinski definition) is 7. The molecular weight excluding hydrogens is 352 g/mol. The van der Waals surface area contributed by atoms with Crippen LogP contribution in [-0.2, 0) is 14.2 Å². The molecule has 0 bridgehead atoms. The van der Waals surface area contributed by atoms with E-state index in [1.54, 1.807) is 60.7 Å². The van der Waals surface area contributed by atoms with Gasteiger partial charge in [-0.15, -0.1) is 0 Å². The van der Waals surface area contributed by atoms with Gasteiger partial charge in [-0.3, -0.25) is 0 Å². The fourth-order valence-electron chi connectivity index (χ4n) is 2.81. The fraction of sp³-hybridized carbons (Fsp3) is 0.300. The fourth-order valence-corrected chi connectivity index (χ4v) is 2.81. The van der Waals surface area contributed by atoms with Crippen molar-refractivity contribution < 1.29 is 34.0 Å². The minimum absolute atomic E-state index is 0.181. The lowest BCUT2D eigenvalue weighted by atomic mass is 10.00. The van der Waals surface area contributed by atoms with Crippen molar-refractivity contribution in [1.82, 2.24) is 0 Å². The molecule has 1 aliphatic heterocycles. The van der Waals surface area contributed by atoms with Crippen molar-refractivity contribution in [2.75, 3.05) is 13.2 Å². The topological polar surface area (TPSA) is 102 Å². The molecule has 142 valence electrons. The second-order valence-electron chi connectivity index (χ2n) is 6.15. The highest BCUT2D eigenvalue weighted by Crippen LogP contribution is 2.27. The van der Waals surface area contributed by atoms with Gasteiger partial charge in [0.2, 0.25) is 0 Å². The molecule has 0 saturated carbocycles. The molecule has 4 unspecified atom stereocenters. The van der Waals surface area contributed by atoms with Gasteiger partial charge >= 0.3 is 11.9 Å². The summed E-state index contributed by atoms with van der Waals surface area (Å²) >= 11 is 0. The van der Waals surface area contributed by atoms with E-state index in [-0.39, 0.29) is 13.2 Å². The molecule has 2 aromatic rings. The van der Waals surface area contributed by atoms with Gasteiger partial charge in [0.1, 0.15) is 18.8 Å². The number of esters is 2. The number of carbonyl (C=O) groups excluding carboxylic acids is 2. The molecule has 2 aromatic carbocycles. The van der Waals surface area contributed by atoms with Crippen molar-refractivity contribution in [3.63, 3.8) is 0 Å². The van der Waals surface area contributed by atoms with Crippen LogP contribution in [-0.4, -0.2) is 53.9 Å². The molecule has 3 rings (SSSR count). The van der Waals surface area contributed by atoms with Gasteiger partial charge in [-0.25, -0.2) is 9.59 Å². The Labute approximate surface area is 156 Å². The highest BCUT2D eigenvalue weighted by Gasteiger charge is 2.44. The molecule has 1 heterocycles. The van der Waals surface area contributed by atoms with Gasteiger partial charge in [0.15, 0.2) is 6.29 Å². The first-order chi connectivity index (χ1) is 13.1. The Bertz CT molecular complexity index is 762. The van der Waals surface area contributed by atoms with Crippen LogP contribution >= 0.6 is 0 Å². The normalized spacial score (nSPS) is 24.4. The van der Waals surface area contributed by atoms with Crippen molar-refractivity contribution in [3.05, 3.63) is 71.8 Å². The van der Waals surface area contributed by atoms with Gasteiger partial charge < -0.3 is 24.4 Å². The van der Waals surface area contributed by atoms with Gasteiger partial charge in [-0.05, 0) is 24.3 Å². The van der Waals surface area contributed by atoms with Crippen LogP contribution in [0.25, 0.3) is 0 Å². The van der Waals surface area contributed by atoms with Crippen LogP contribution in [0.2, 0.25) is 0 Å². The summed E-state index contributed by atoms with van der Waals surface area (Å²) in [5, 5.41) is 19.8. The molecule has 0 aliphatic carbocycles. The lowest BCUT2D eigenvalue weighted by molar-refractivity contribution is -0.133. The van der Waals surface area contributed by atoms with Crippen LogP contribution in [0.3, 0.4) is 0 Å². The second-order valence-corrected chi connectivity index (χ2v) is 6.15. The summed E-state index contributed by atoms with van der Waals surface area (Å²) in [5.41, 5.74) is 0.752. The molecule has 1 saturated heterocycles. The highest BCUT2D eigenvalue weighted by atomic mass is 16.6. The lowest BCUT2D eigenvalue weighted by Crippen LogP contribution is -2.34. The number of rotatable bonds is 6. The minimum atomic E-state index is -1.44. The van der Waals surface area contributed by atoms with Gasteiger partial charge in [0, 0.05) is 0 Å². The molecular formula is C20H20O7. The van der Waals surface area contributed by atoms with Gasteiger partial charge in [-0.2, -0.15) is 0 Å². The van der Waals surface area contributed by atoms with Crippen molar-refractivity contribution in [2.45, 2.75) is 18.5 Å². The number of benzene rings is 2. The van der Waals surface area contributed by atoms with Crippen molar-refractivity contribution in [2.24, 2.45) is 5.92 Å². The zero-order chi connectivity index (χ0) is 19.2. The zero-order valence-electron chi connectivity index (χ0n) is 14.4. The number of aliphatic hydroxyl groups excluding tert-OH is 2. The van der Waals surface area contributed by atoms with Crippen LogP contribution in [0, 0.1) is 5.92 Å². The molecule has 7 heteroatoms. The van der Waals surface area contributed by atoms with E-state index in [9.17, 15) is 19.8 Å². The Morgan fingerprint density at radius 3 is 1.81 bits per heavy atom. The molecule has 1 aliphatic rings. The third-order valence-electron chi connectivity index (χ3n) is 4.33. The Morgan fingerprint density at radius 1 is 0.815 bits per heavy atom. The van der Waals surface area contributed by atoms with Gasteiger partial charge in [0.05, 0.1) is 23.7 Å². The third-order valence-corrected chi connectivity index (χ3v) is 4.33. The van der Waals surface area contributed by atoms with E-state index in [2.05, 4.69) is 0 Å². The lowest BCUT2D eigenvalue weighted by Gasteiger charge is -2.19. The zero-order valence-corrected chi connectivity index (χ0v) is 14.4. The predicted octanol–water partition coefficient (Wildman–Crippen LogP) is 1.39. The summed E-state index contributed by atoms with van der Waals surface area (Å²) in [5.74, 6) is -1.82. The number of carbonyl (C=O) groups is 2. The predicted molar refractivity (Wildman–Crippen MR) is 93.8 cm³/mol. The Hall–Kier alpha value is -2.74. The maximum absolute atomic E-state index is 12.1. The number of aliphatic hydroxyl groups is 2. The standard InChI is InChI=1S/C20H20O7/c21-17-15(11-25-18(22)13-7-3-1-4-8-13)16(27-20(17)24)12-26-19(23)14-9-5-2-6-10-14/h1-10,15-17,20-21,24H,11-12H2. The highest BCUT2D eigenvalue weighted by molar-refractivity contribution is 5.89. The summed E-state index contributed by atoms with van der Waals surface area (Å²) in [6, 6.07) is 16.8. The third kappa shape index (κ3) is 4.71. The molecule has 27 heavy (non-hydrogen) atoms. The molecule has 0 radical (unpaired) electrons. The Morgan fingerprint density at radius 2 is 1.30 bits per heavy atom. The maximum Gasteiger partial charge on any atom is 0.338 e.